The van der Waals surface area contributed by atoms with E-state index in [9.17, 15) is 0 Å². The van der Waals surface area contributed by atoms with Crippen LogP contribution in [0.3, 0.4) is 0 Å². The third-order valence-corrected chi connectivity index (χ3v) is 4.12. The van der Waals surface area contributed by atoms with E-state index in [2.05, 4.69) is 20.6 Å². The monoisotopic (exact) mass is 314 g/mol. The van der Waals surface area contributed by atoms with Crippen LogP contribution in [0.2, 0.25) is 0 Å². The maximum atomic E-state index is 5.07. The van der Waals surface area contributed by atoms with Gasteiger partial charge in [-0.2, -0.15) is 0 Å². The van der Waals surface area contributed by atoms with Crippen molar-refractivity contribution in [2.24, 2.45) is 0 Å². The molecule has 0 atom stereocenters. The molecule has 0 aliphatic rings. The van der Waals surface area contributed by atoms with Crippen molar-refractivity contribution in [3.05, 3.63) is 48.5 Å². The number of imidazole rings is 1. The molecule has 0 unspecified atom stereocenters. The Bertz CT molecular complexity index is 732. The second-order valence-corrected chi connectivity index (χ2v) is 5.86. The molecule has 0 bridgehead atoms. The number of aromatic nitrogens is 2. The van der Waals surface area contributed by atoms with E-state index in [4.69, 9.17) is 12.2 Å². The normalized spacial score (nSPS) is 10.5. The molecular formula is C15H14N4S2. The highest BCUT2D eigenvalue weighted by Crippen LogP contribution is 2.28. The third-order valence-electron chi connectivity index (χ3n) is 2.92. The molecule has 3 rings (SSSR count). The van der Waals surface area contributed by atoms with Crippen molar-refractivity contribution >= 4 is 45.8 Å². The summed E-state index contributed by atoms with van der Waals surface area (Å²) in [5, 5.41) is 7.47. The maximum absolute atomic E-state index is 5.07. The molecule has 4 nitrogen and oxygen atoms in total. The molecule has 0 saturated heterocycles. The number of rotatable bonds is 3. The molecule has 0 radical (unpaired) electrons. The lowest BCUT2D eigenvalue weighted by atomic mass is 10.3. The predicted octanol–water partition coefficient (Wildman–Crippen LogP) is 3.63. The summed E-state index contributed by atoms with van der Waals surface area (Å²) in [6, 6.07) is 16.1. The molecule has 106 valence electrons. The van der Waals surface area contributed by atoms with Gasteiger partial charge in [-0.15, -0.1) is 0 Å². The van der Waals surface area contributed by atoms with Gasteiger partial charge in [0.1, 0.15) is 0 Å². The molecule has 0 spiro atoms. The number of fused-ring (bicyclic) bond motifs is 1. The van der Waals surface area contributed by atoms with Crippen molar-refractivity contribution in [2.45, 2.75) is 10.1 Å². The number of anilines is 1. The summed E-state index contributed by atoms with van der Waals surface area (Å²) in [7, 11) is 1.79. The number of benzene rings is 2. The molecule has 2 aromatic carbocycles. The van der Waals surface area contributed by atoms with Gasteiger partial charge in [-0.3, -0.25) is 0 Å². The molecule has 0 fully saturated rings. The minimum Gasteiger partial charge on any atom is -0.366 e. The maximum Gasteiger partial charge on any atom is 0.171 e. The molecule has 0 saturated carbocycles. The van der Waals surface area contributed by atoms with Crippen LogP contribution in [0.15, 0.2) is 58.6 Å². The first-order valence-electron chi connectivity index (χ1n) is 6.46. The number of para-hydroxylation sites is 2. The average molecular weight is 314 g/mol. The van der Waals surface area contributed by atoms with Gasteiger partial charge in [0.25, 0.3) is 0 Å². The van der Waals surface area contributed by atoms with Gasteiger partial charge in [0, 0.05) is 17.6 Å². The quantitative estimate of drug-likeness (QED) is 0.645. The summed E-state index contributed by atoms with van der Waals surface area (Å²) in [6.45, 7) is 0. The van der Waals surface area contributed by atoms with Gasteiger partial charge in [-0.1, -0.05) is 23.9 Å². The van der Waals surface area contributed by atoms with Gasteiger partial charge < -0.3 is 15.6 Å². The van der Waals surface area contributed by atoms with Crippen LogP contribution in [0.4, 0.5) is 5.69 Å². The van der Waals surface area contributed by atoms with Gasteiger partial charge in [0.2, 0.25) is 0 Å². The molecule has 6 heteroatoms. The Labute approximate surface area is 132 Å². The lowest BCUT2D eigenvalue weighted by molar-refractivity contribution is 1.08. The van der Waals surface area contributed by atoms with Gasteiger partial charge in [0.05, 0.1) is 11.0 Å². The second kappa shape index (κ2) is 6.15. The van der Waals surface area contributed by atoms with E-state index in [1.165, 1.54) is 0 Å². The molecule has 21 heavy (non-hydrogen) atoms. The molecule has 1 heterocycles. The van der Waals surface area contributed by atoms with Gasteiger partial charge in [0.15, 0.2) is 10.3 Å². The molecule has 3 N–H and O–H groups in total. The smallest absolute Gasteiger partial charge is 0.171 e. The van der Waals surface area contributed by atoms with E-state index in [1.807, 2.05) is 48.5 Å². The van der Waals surface area contributed by atoms with Crippen LogP contribution in [-0.2, 0) is 0 Å². The Morgan fingerprint density at radius 3 is 2.62 bits per heavy atom. The lowest BCUT2D eigenvalue weighted by Gasteiger charge is -2.07. The van der Waals surface area contributed by atoms with Crippen LogP contribution in [0, 0.1) is 0 Å². The summed E-state index contributed by atoms with van der Waals surface area (Å²) < 4.78 is 0. The first-order valence-corrected chi connectivity index (χ1v) is 7.68. The summed E-state index contributed by atoms with van der Waals surface area (Å²) in [6.07, 6.45) is 0. The Balaban J connectivity index is 1.74. The van der Waals surface area contributed by atoms with Crippen LogP contribution in [0.5, 0.6) is 0 Å². The largest absolute Gasteiger partial charge is 0.366 e. The van der Waals surface area contributed by atoms with Crippen LogP contribution < -0.4 is 10.6 Å². The number of aromatic amines is 1. The SMILES string of the molecule is CNC(=S)Nc1ccc(Sc2nc3ccccc3[nH]2)cc1. The number of hydrogen-bond donors (Lipinski definition) is 3. The Hall–Kier alpha value is -2.05. The number of hydrogen-bond acceptors (Lipinski definition) is 3. The zero-order valence-corrected chi connectivity index (χ0v) is 13.0. The fourth-order valence-electron chi connectivity index (χ4n) is 1.89. The van der Waals surface area contributed by atoms with E-state index in [-0.39, 0.29) is 0 Å². The molecule has 0 aliphatic carbocycles. The van der Waals surface area contributed by atoms with Crippen molar-refractivity contribution in [2.75, 3.05) is 12.4 Å². The van der Waals surface area contributed by atoms with Crippen LogP contribution >= 0.6 is 24.0 Å². The van der Waals surface area contributed by atoms with Crippen molar-refractivity contribution < 1.29 is 0 Å². The van der Waals surface area contributed by atoms with E-state index in [1.54, 1.807) is 18.8 Å². The molecule has 3 aromatic rings. The number of thiocarbonyl (C=S) groups is 1. The highest BCUT2D eigenvalue weighted by molar-refractivity contribution is 7.99. The summed E-state index contributed by atoms with van der Waals surface area (Å²) in [5.41, 5.74) is 3.00. The zero-order chi connectivity index (χ0) is 14.7. The van der Waals surface area contributed by atoms with Gasteiger partial charge in [-0.25, -0.2) is 4.98 Å². The van der Waals surface area contributed by atoms with Crippen LogP contribution in [-0.4, -0.2) is 22.1 Å². The predicted molar refractivity (Wildman–Crippen MR) is 91.9 cm³/mol. The lowest BCUT2D eigenvalue weighted by Crippen LogP contribution is -2.23. The van der Waals surface area contributed by atoms with E-state index in [0.717, 1.165) is 26.8 Å². The summed E-state index contributed by atoms with van der Waals surface area (Å²) in [4.78, 5) is 8.98. The highest BCUT2D eigenvalue weighted by Gasteiger charge is 2.04. The Morgan fingerprint density at radius 2 is 1.90 bits per heavy atom. The van der Waals surface area contributed by atoms with Crippen molar-refractivity contribution in [1.29, 1.82) is 0 Å². The minimum absolute atomic E-state index is 0.604. The zero-order valence-electron chi connectivity index (χ0n) is 11.4. The molecule has 0 amide bonds. The summed E-state index contributed by atoms with van der Waals surface area (Å²) >= 11 is 6.67. The van der Waals surface area contributed by atoms with Gasteiger partial charge >= 0.3 is 0 Å². The fourth-order valence-corrected chi connectivity index (χ4v) is 2.81. The Morgan fingerprint density at radius 1 is 1.14 bits per heavy atom. The average Bonchev–Trinajstić information content (AvgIpc) is 2.91. The first kappa shape index (κ1) is 13.9. The molecule has 1 aromatic heterocycles. The first-order chi connectivity index (χ1) is 10.2. The van der Waals surface area contributed by atoms with E-state index in [0.29, 0.717) is 5.11 Å². The van der Waals surface area contributed by atoms with Crippen LogP contribution in [0.25, 0.3) is 11.0 Å². The van der Waals surface area contributed by atoms with Crippen molar-refractivity contribution in [3.63, 3.8) is 0 Å². The van der Waals surface area contributed by atoms with E-state index >= 15 is 0 Å². The second-order valence-electron chi connectivity index (χ2n) is 4.39. The van der Waals surface area contributed by atoms with Crippen LogP contribution in [0.1, 0.15) is 0 Å². The topological polar surface area (TPSA) is 52.7 Å². The minimum atomic E-state index is 0.604. The third kappa shape index (κ3) is 3.34. The van der Waals surface area contributed by atoms with Crippen molar-refractivity contribution in [3.8, 4) is 0 Å². The highest BCUT2D eigenvalue weighted by atomic mass is 32.2. The van der Waals surface area contributed by atoms with E-state index < -0.39 is 0 Å². The standard InChI is InChI=1S/C15H14N4S2/c1-16-14(20)17-10-6-8-11(9-7-10)21-15-18-12-4-2-3-5-13(12)19-15/h2-9H,1H3,(H,18,19)(H2,16,17,20). The van der Waals surface area contributed by atoms with Crippen molar-refractivity contribution in [1.82, 2.24) is 15.3 Å². The number of nitrogens with one attached hydrogen (secondary N) is 3. The molecular weight excluding hydrogens is 300 g/mol. The number of nitrogens with zero attached hydrogens (tertiary/aromatic N) is 1. The Kier molecular flexibility index (Phi) is 4.08. The van der Waals surface area contributed by atoms with Gasteiger partial charge in [-0.05, 0) is 48.6 Å². The summed E-state index contributed by atoms with van der Waals surface area (Å²) in [5.74, 6) is 0. The fraction of sp³-hybridized carbons (Fsp3) is 0.0667. The molecule has 0 aliphatic heterocycles. The number of H-pyrrole nitrogens is 1.